The Kier molecular flexibility index (Phi) is 7.48. The van der Waals surface area contributed by atoms with Crippen molar-refractivity contribution < 1.29 is 48.4 Å². The molecule has 218 valence electrons. The van der Waals surface area contributed by atoms with E-state index in [4.69, 9.17) is 24.3 Å². The molecule has 1 unspecified atom stereocenters. The van der Waals surface area contributed by atoms with E-state index in [9.17, 15) is 44.3 Å². The van der Waals surface area contributed by atoms with E-state index in [1.54, 1.807) is 0 Å². The Morgan fingerprint density at radius 1 is 1.05 bits per heavy atom. The van der Waals surface area contributed by atoms with Gasteiger partial charge in [-0.3, -0.25) is 37.7 Å². The van der Waals surface area contributed by atoms with Crippen LogP contribution < -0.4 is 22.5 Å². The van der Waals surface area contributed by atoms with Crippen molar-refractivity contribution in [1.82, 2.24) is 29.1 Å². The molecule has 0 aromatic carbocycles. The topological polar surface area (TPSA) is 300 Å². The summed E-state index contributed by atoms with van der Waals surface area (Å²) in [5, 5.41) is 41.2. The summed E-state index contributed by atoms with van der Waals surface area (Å²) < 4.78 is 35.6. The summed E-state index contributed by atoms with van der Waals surface area (Å²) in [6.07, 6.45) is -10.2. The van der Waals surface area contributed by atoms with Crippen molar-refractivity contribution in [2.45, 2.75) is 49.1 Å². The van der Waals surface area contributed by atoms with Crippen molar-refractivity contribution in [2.24, 2.45) is 0 Å². The third kappa shape index (κ3) is 5.12. The Hall–Kier alpha value is -3.30. The number of nitrogens with two attached hydrogens (primary N) is 1. The third-order valence-electron chi connectivity index (χ3n) is 6.33. The number of fused-ring (bicyclic) bond motifs is 1. The zero-order valence-electron chi connectivity index (χ0n) is 20.1. The fourth-order valence-corrected chi connectivity index (χ4v) is 5.40. The average Bonchev–Trinajstić information content (AvgIpc) is 3.53. The number of ether oxygens (including phenoxy) is 2. The van der Waals surface area contributed by atoms with Crippen LogP contribution in [0.15, 0.2) is 33.0 Å². The smallest absolute Gasteiger partial charge is 0.394 e. The number of rotatable bonds is 8. The molecule has 3 aromatic heterocycles. The van der Waals surface area contributed by atoms with Gasteiger partial charge in [-0.05, 0) is 0 Å². The van der Waals surface area contributed by atoms with E-state index in [0.29, 0.717) is 0 Å². The average molecular weight is 589 g/mol. The fourth-order valence-electron chi connectivity index (χ4n) is 4.43. The van der Waals surface area contributed by atoms with Crippen molar-refractivity contribution in [2.75, 3.05) is 18.9 Å². The van der Waals surface area contributed by atoms with Gasteiger partial charge in [0.15, 0.2) is 23.6 Å². The standard InChI is InChI=1S/C19H24N7O13P/c20-18-23-14-9(15(32)24-18)21-5-26(14)17-12(31)13(6(3-27)37-17)39-40(34,35)36-4-7-10(29)11(30)16(38-7)25-2-1-8(28)22-19(25)33/h1-2,5-7,10-13,16-17,27,29-31H,3-4H2,(H,34,35)(H,22,28,33)(H3,20,23,24,32)/t6-,7+,10+,11-,12+,13+,16+,17-/m1/s1. The number of nitrogens with zero attached hydrogens (tertiary/aromatic N) is 4. The minimum atomic E-state index is -5.06. The van der Waals surface area contributed by atoms with Crippen LogP contribution in [0.25, 0.3) is 11.2 Å². The van der Waals surface area contributed by atoms with E-state index in [1.165, 1.54) is 0 Å². The van der Waals surface area contributed by atoms with Crippen molar-refractivity contribution in [3.8, 4) is 0 Å². The Morgan fingerprint density at radius 2 is 1.75 bits per heavy atom. The van der Waals surface area contributed by atoms with Crippen LogP contribution >= 0.6 is 7.82 Å². The van der Waals surface area contributed by atoms with Gasteiger partial charge in [0.2, 0.25) is 5.95 Å². The summed E-state index contributed by atoms with van der Waals surface area (Å²) in [6.45, 7) is -1.59. The van der Waals surface area contributed by atoms with Gasteiger partial charge < -0.3 is 40.5 Å². The number of aromatic amines is 2. The molecule has 9 N–H and O–H groups in total. The molecule has 2 aliphatic rings. The number of hydrogen-bond donors (Lipinski definition) is 8. The second-order valence-corrected chi connectivity index (χ2v) is 10.3. The van der Waals surface area contributed by atoms with Gasteiger partial charge in [-0.15, -0.1) is 0 Å². The summed E-state index contributed by atoms with van der Waals surface area (Å²) >= 11 is 0. The normalized spacial score (nSPS) is 32.0. The van der Waals surface area contributed by atoms with Crippen LogP contribution in [-0.2, 0) is 23.1 Å². The van der Waals surface area contributed by atoms with Crippen LogP contribution in [0.5, 0.6) is 0 Å². The molecule has 5 rings (SSSR count). The minimum absolute atomic E-state index is 0.0758. The molecular weight excluding hydrogens is 565 g/mol. The van der Waals surface area contributed by atoms with Crippen LogP contribution in [-0.4, -0.2) is 104 Å². The predicted octanol–water partition coefficient (Wildman–Crippen LogP) is -4.38. The molecule has 0 amide bonds. The Balaban J connectivity index is 1.28. The van der Waals surface area contributed by atoms with Gasteiger partial charge in [-0.1, -0.05) is 0 Å². The summed E-state index contributed by atoms with van der Waals surface area (Å²) in [7, 11) is -5.06. The molecule has 40 heavy (non-hydrogen) atoms. The number of hydrogen-bond acceptors (Lipinski definition) is 15. The maximum atomic E-state index is 12.7. The van der Waals surface area contributed by atoms with E-state index < -0.39 is 86.9 Å². The van der Waals surface area contributed by atoms with Gasteiger partial charge in [0, 0.05) is 12.3 Å². The number of phosphoric ester groups is 1. The second kappa shape index (κ2) is 10.6. The van der Waals surface area contributed by atoms with Crippen molar-refractivity contribution in [1.29, 1.82) is 0 Å². The molecule has 2 fully saturated rings. The quantitative estimate of drug-likeness (QED) is 0.115. The first-order valence-electron chi connectivity index (χ1n) is 11.6. The maximum Gasteiger partial charge on any atom is 0.472 e. The minimum Gasteiger partial charge on any atom is -0.394 e. The molecule has 20 nitrogen and oxygen atoms in total. The number of phosphoric acid groups is 1. The van der Waals surface area contributed by atoms with Gasteiger partial charge in [0.05, 0.1) is 19.5 Å². The fraction of sp³-hybridized carbons (Fsp3) is 0.526. The number of nitrogens with one attached hydrogen (secondary N) is 2. The number of aliphatic hydroxyl groups is 4. The number of nitrogen functional groups attached to an aromatic ring is 1. The molecule has 9 atom stereocenters. The number of aromatic nitrogens is 6. The Bertz CT molecular complexity index is 1620. The van der Waals surface area contributed by atoms with Gasteiger partial charge in [-0.25, -0.2) is 14.3 Å². The van der Waals surface area contributed by atoms with E-state index >= 15 is 0 Å². The monoisotopic (exact) mass is 589 g/mol. The van der Waals surface area contributed by atoms with Crippen molar-refractivity contribution >= 4 is 24.9 Å². The van der Waals surface area contributed by atoms with E-state index in [-0.39, 0.29) is 17.1 Å². The van der Waals surface area contributed by atoms with Gasteiger partial charge in [0.1, 0.15) is 36.6 Å². The lowest BCUT2D eigenvalue weighted by molar-refractivity contribution is -0.0610. The third-order valence-corrected chi connectivity index (χ3v) is 7.32. The van der Waals surface area contributed by atoms with Crippen LogP contribution in [0.2, 0.25) is 0 Å². The lowest BCUT2D eigenvalue weighted by Crippen LogP contribution is -2.37. The molecule has 5 heterocycles. The first-order chi connectivity index (χ1) is 18.9. The van der Waals surface area contributed by atoms with Crippen molar-refractivity contribution in [3.05, 3.63) is 49.8 Å². The molecule has 0 saturated carbocycles. The maximum absolute atomic E-state index is 12.7. The highest BCUT2D eigenvalue weighted by Crippen LogP contribution is 2.49. The highest BCUT2D eigenvalue weighted by Gasteiger charge is 2.50. The highest BCUT2D eigenvalue weighted by atomic mass is 31.2. The zero-order valence-corrected chi connectivity index (χ0v) is 21.0. The second-order valence-electron chi connectivity index (χ2n) is 8.91. The number of aliphatic hydroxyl groups excluding tert-OH is 4. The zero-order chi connectivity index (χ0) is 28.9. The summed E-state index contributed by atoms with van der Waals surface area (Å²) in [5.74, 6) is -0.249. The lowest BCUT2D eigenvalue weighted by Gasteiger charge is -2.23. The van der Waals surface area contributed by atoms with Gasteiger partial charge in [0.25, 0.3) is 11.1 Å². The van der Waals surface area contributed by atoms with Gasteiger partial charge >= 0.3 is 13.5 Å². The van der Waals surface area contributed by atoms with Crippen molar-refractivity contribution in [3.63, 3.8) is 0 Å². The van der Waals surface area contributed by atoms with E-state index in [2.05, 4.69) is 15.0 Å². The molecule has 2 aliphatic heterocycles. The number of H-pyrrole nitrogens is 2. The lowest BCUT2D eigenvalue weighted by atomic mass is 10.1. The molecule has 0 spiro atoms. The molecule has 21 heteroatoms. The van der Waals surface area contributed by atoms with Crippen LogP contribution in [0.4, 0.5) is 5.95 Å². The predicted molar refractivity (Wildman–Crippen MR) is 127 cm³/mol. The highest BCUT2D eigenvalue weighted by molar-refractivity contribution is 7.47. The molecule has 0 bridgehead atoms. The first kappa shape index (κ1) is 28.2. The Labute approximate surface area is 220 Å². The SMILES string of the molecule is Nc1nc2c(ncn2[C@@H]2O[C@H](CO)[C@H](OP(=O)(O)OC[C@@H]3O[C@H](n4ccc(=O)[nH]c4=O)[C@H](O)[C@H]3O)[C@@H]2O)c(=O)[nH]1. The van der Waals surface area contributed by atoms with E-state index in [0.717, 1.165) is 27.7 Å². The largest absolute Gasteiger partial charge is 0.472 e. The number of anilines is 1. The van der Waals surface area contributed by atoms with Crippen LogP contribution in [0, 0.1) is 0 Å². The molecule has 3 aromatic rings. The van der Waals surface area contributed by atoms with Gasteiger partial charge in [-0.2, -0.15) is 4.98 Å². The molecule has 0 aliphatic carbocycles. The summed E-state index contributed by atoms with van der Waals surface area (Å²) in [4.78, 5) is 57.7. The first-order valence-corrected chi connectivity index (χ1v) is 13.0. The van der Waals surface area contributed by atoms with Crippen LogP contribution in [0.1, 0.15) is 12.5 Å². The summed E-state index contributed by atoms with van der Waals surface area (Å²) in [6, 6.07) is 0.985. The Morgan fingerprint density at radius 3 is 2.45 bits per heavy atom. The number of imidazole rings is 1. The van der Waals surface area contributed by atoms with E-state index in [1.807, 2.05) is 4.98 Å². The molecular formula is C19H24N7O13P. The van der Waals surface area contributed by atoms with Crippen LogP contribution in [0.3, 0.4) is 0 Å². The molecule has 0 radical (unpaired) electrons. The molecule has 2 saturated heterocycles. The summed E-state index contributed by atoms with van der Waals surface area (Å²) in [5.41, 5.74) is 3.06.